The summed E-state index contributed by atoms with van der Waals surface area (Å²) in [7, 11) is 1.37. The van der Waals surface area contributed by atoms with Gasteiger partial charge in [0, 0.05) is 12.1 Å². The van der Waals surface area contributed by atoms with Crippen molar-refractivity contribution in [1.29, 1.82) is 0 Å². The first-order valence-corrected chi connectivity index (χ1v) is 8.56. The second-order valence-electron chi connectivity index (χ2n) is 6.19. The van der Waals surface area contributed by atoms with E-state index in [4.69, 9.17) is 9.47 Å². The smallest absolute Gasteiger partial charge is 0.341 e. The van der Waals surface area contributed by atoms with E-state index in [0.29, 0.717) is 0 Å². The number of carbonyl (C=O) groups is 3. The number of benzene rings is 1. The van der Waals surface area contributed by atoms with Crippen LogP contribution in [-0.4, -0.2) is 37.2 Å². The van der Waals surface area contributed by atoms with Gasteiger partial charge in [0.05, 0.1) is 12.7 Å². The van der Waals surface area contributed by atoms with Gasteiger partial charge in [-0.05, 0) is 31.9 Å². The van der Waals surface area contributed by atoms with Crippen molar-refractivity contribution in [1.82, 2.24) is 10.6 Å². The zero-order chi connectivity index (χ0) is 19.1. The zero-order valence-electron chi connectivity index (χ0n) is 14.8. The van der Waals surface area contributed by atoms with Crippen LogP contribution in [0.1, 0.15) is 49.4 Å². The number of rotatable bonds is 5. The lowest BCUT2D eigenvalue weighted by Gasteiger charge is -2.23. The Kier molecular flexibility index (Phi) is 6.94. The Balaban J connectivity index is 1.85. The van der Waals surface area contributed by atoms with Crippen molar-refractivity contribution < 1.29 is 28.2 Å². The molecule has 1 atom stereocenters. The molecule has 1 aromatic carbocycles. The molecule has 0 bridgehead atoms. The van der Waals surface area contributed by atoms with Crippen molar-refractivity contribution in [2.45, 2.75) is 51.2 Å². The Morgan fingerprint density at radius 3 is 2.50 bits per heavy atom. The lowest BCUT2D eigenvalue weighted by Crippen LogP contribution is -2.48. The third kappa shape index (κ3) is 5.44. The average Bonchev–Trinajstić information content (AvgIpc) is 2.61. The molecule has 1 aromatic rings. The van der Waals surface area contributed by atoms with Crippen LogP contribution < -0.4 is 15.4 Å². The molecular formula is C18H23FN2O5. The molecule has 0 aliphatic heterocycles. The molecule has 8 heteroatoms. The van der Waals surface area contributed by atoms with Crippen LogP contribution >= 0.6 is 0 Å². The molecule has 0 heterocycles. The van der Waals surface area contributed by atoms with Gasteiger partial charge in [0.2, 0.25) is 0 Å². The summed E-state index contributed by atoms with van der Waals surface area (Å²) in [5, 5.41) is 4.86. The minimum atomic E-state index is -1.25. The predicted molar refractivity (Wildman–Crippen MR) is 91.4 cm³/mol. The van der Waals surface area contributed by atoms with E-state index < -0.39 is 29.8 Å². The van der Waals surface area contributed by atoms with Crippen molar-refractivity contribution >= 4 is 17.9 Å². The van der Waals surface area contributed by atoms with Crippen LogP contribution in [0.4, 0.5) is 9.18 Å². The van der Waals surface area contributed by atoms with Crippen LogP contribution in [0.2, 0.25) is 0 Å². The van der Waals surface area contributed by atoms with E-state index in [1.54, 1.807) is 0 Å². The first-order chi connectivity index (χ1) is 12.4. The summed E-state index contributed by atoms with van der Waals surface area (Å²) in [6, 6.07) is 3.07. The molecule has 3 amide bonds. The first-order valence-electron chi connectivity index (χ1n) is 8.56. The van der Waals surface area contributed by atoms with E-state index in [1.165, 1.54) is 26.2 Å². The summed E-state index contributed by atoms with van der Waals surface area (Å²) in [6.07, 6.45) is 3.74. The van der Waals surface area contributed by atoms with Crippen LogP contribution in [-0.2, 0) is 9.53 Å². The van der Waals surface area contributed by atoms with E-state index in [0.717, 1.165) is 38.2 Å². The third-order valence-corrected chi connectivity index (χ3v) is 4.23. The van der Waals surface area contributed by atoms with Gasteiger partial charge >= 0.3 is 12.0 Å². The maximum absolute atomic E-state index is 13.9. The topological polar surface area (TPSA) is 93.7 Å². The number of hydrogen-bond acceptors (Lipinski definition) is 5. The molecule has 0 radical (unpaired) electrons. The van der Waals surface area contributed by atoms with Crippen molar-refractivity contribution in [3.8, 4) is 5.75 Å². The summed E-state index contributed by atoms with van der Waals surface area (Å²) >= 11 is 0. The minimum absolute atomic E-state index is 0.0443. The van der Waals surface area contributed by atoms with E-state index in [9.17, 15) is 18.8 Å². The molecule has 0 spiro atoms. The number of halogens is 1. The van der Waals surface area contributed by atoms with Gasteiger partial charge in [0.15, 0.2) is 6.10 Å². The summed E-state index contributed by atoms with van der Waals surface area (Å²) in [6.45, 7) is 1.31. The number of ether oxygens (including phenoxy) is 2. The summed E-state index contributed by atoms with van der Waals surface area (Å²) < 4.78 is 23.7. The molecule has 1 saturated carbocycles. The number of hydrogen-bond donors (Lipinski definition) is 2. The Morgan fingerprint density at radius 1 is 1.19 bits per heavy atom. The van der Waals surface area contributed by atoms with Crippen molar-refractivity contribution in [2.75, 3.05) is 7.11 Å². The zero-order valence-corrected chi connectivity index (χ0v) is 14.8. The maximum atomic E-state index is 13.9. The second-order valence-corrected chi connectivity index (χ2v) is 6.19. The van der Waals surface area contributed by atoms with Crippen LogP contribution in [0, 0.1) is 5.82 Å². The van der Waals surface area contributed by atoms with E-state index >= 15 is 0 Å². The Bertz CT molecular complexity index is 674. The Morgan fingerprint density at radius 2 is 1.88 bits per heavy atom. The number of imide groups is 1. The molecule has 0 aromatic heterocycles. The number of urea groups is 1. The summed E-state index contributed by atoms with van der Waals surface area (Å²) in [5.41, 5.74) is -0.322. The number of esters is 1. The molecule has 0 saturated heterocycles. The second kappa shape index (κ2) is 9.17. The fourth-order valence-electron chi connectivity index (χ4n) is 2.75. The van der Waals surface area contributed by atoms with Gasteiger partial charge in [0.1, 0.15) is 11.6 Å². The fourth-order valence-corrected chi connectivity index (χ4v) is 2.75. The lowest BCUT2D eigenvalue weighted by atomic mass is 9.96. The van der Waals surface area contributed by atoms with Gasteiger partial charge in [-0.3, -0.25) is 10.1 Å². The van der Waals surface area contributed by atoms with Crippen molar-refractivity contribution in [2.24, 2.45) is 0 Å². The fraction of sp³-hybridized carbons (Fsp3) is 0.500. The number of nitrogens with one attached hydrogen (secondary N) is 2. The number of amides is 3. The van der Waals surface area contributed by atoms with Crippen LogP contribution in [0.3, 0.4) is 0 Å². The molecule has 1 aliphatic rings. The van der Waals surface area contributed by atoms with E-state index in [2.05, 4.69) is 10.6 Å². The lowest BCUT2D eigenvalue weighted by molar-refractivity contribution is -0.127. The normalized spacial score (nSPS) is 15.7. The highest BCUT2D eigenvalue weighted by Gasteiger charge is 2.24. The molecule has 0 unspecified atom stereocenters. The van der Waals surface area contributed by atoms with Gasteiger partial charge in [-0.2, -0.15) is 0 Å². The predicted octanol–water partition coefficient (Wildman–Crippen LogP) is 2.54. The van der Waals surface area contributed by atoms with Gasteiger partial charge in [-0.1, -0.05) is 19.3 Å². The molecule has 2 N–H and O–H groups in total. The van der Waals surface area contributed by atoms with Crippen molar-refractivity contribution in [3.05, 3.63) is 29.6 Å². The van der Waals surface area contributed by atoms with Gasteiger partial charge in [0.25, 0.3) is 5.91 Å². The number of methoxy groups -OCH3 is 1. The SMILES string of the molecule is COc1ccc(C(=O)O[C@@H](C)C(=O)NC(=O)NC2CCCCC2)c(F)c1. The highest BCUT2D eigenvalue weighted by molar-refractivity contribution is 5.98. The van der Waals surface area contributed by atoms with Gasteiger partial charge < -0.3 is 14.8 Å². The van der Waals surface area contributed by atoms with Gasteiger partial charge in [-0.25, -0.2) is 14.0 Å². The van der Waals surface area contributed by atoms with E-state index in [1.807, 2.05) is 0 Å². The van der Waals surface area contributed by atoms with Crippen LogP contribution in [0.25, 0.3) is 0 Å². The molecular weight excluding hydrogens is 343 g/mol. The Hall–Kier alpha value is -2.64. The molecule has 7 nitrogen and oxygen atoms in total. The van der Waals surface area contributed by atoms with Gasteiger partial charge in [-0.15, -0.1) is 0 Å². The van der Waals surface area contributed by atoms with Crippen LogP contribution in [0.15, 0.2) is 18.2 Å². The molecule has 142 valence electrons. The molecule has 1 aliphatic carbocycles. The summed E-state index contributed by atoms with van der Waals surface area (Å²) in [5.74, 6) is -2.35. The largest absolute Gasteiger partial charge is 0.497 e. The molecule has 2 rings (SSSR count). The number of carbonyl (C=O) groups excluding carboxylic acids is 3. The maximum Gasteiger partial charge on any atom is 0.341 e. The monoisotopic (exact) mass is 366 g/mol. The van der Waals surface area contributed by atoms with Crippen LogP contribution in [0.5, 0.6) is 5.75 Å². The quantitative estimate of drug-likeness (QED) is 0.781. The summed E-state index contributed by atoms with van der Waals surface area (Å²) in [4.78, 5) is 35.8. The highest BCUT2D eigenvalue weighted by Crippen LogP contribution is 2.18. The minimum Gasteiger partial charge on any atom is -0.497 e. The first kappa shape index (κ1) is 19.7. The standard InChI is InChI=1S/C18H23FN2O5/c1-11(16(22)21-18(24)20-12-6-4-3-5-7-12)26-17(23)14-9-8-13(25-2)10-15(14)19/h8-12H,3-7H2,1-2H3,(H2,20,21,22,24)/t11-/m0/s1. The Labute approximate surface area is 151 Å². The molecule has 26 heavy (non-hydrogen) atoms. The van der Waals surface area contributed by atoms with E-state index in [-0.39, 0.29) is 17.4 Å². The third-order valence-electron chi connectivity index (χ3n) is 4.23. The average molecular weight is 366 g/mol. The highest BCUT2D eigenvalue weighted by atomic mass is 19.1. The van der Waals surface area contributed by atoms with Crippen molar-refractivity contribution in [3.63, 3.8) is 0 Å². The molecule has 1 fully saturated rings.